The van der Waals surface area contributed by atoms with Gasteiger partial charge in [-0.2, -0.15) is 26.3 Å². The molecule has 1 N–H and O–H groups in total. The van der Waals surface area contributed by atoms with Gasteiger partial charge in [-0.15, -0.1) is 10.2 Å². The van der Waals surface area contributed by atoms with Crippen molar-refractivity contribution in [2.45, 2.75) is 37.3 Å². The zero-order valence-electron chi connectivity index (χ0n) is 17.2. The first kappa shape index (κ1) is 22.1. The van der Waals surface area contributed by atoms with Crippen molar-refractivity contribution >= 4 is 5.65 Å². The zero-order chi connectivity index (χ0) is 23.5. The third kappa shape index (κ3) is 3.97. The molecule has 2 fully saturated rings. The van der Waals surface area contributed by atoms with Gasteiger partial charge < -0.3 is 5.11 Å². The topological polar surface area (TPSA) is 53.7 Å². The van der Waals surface area contributed by atoms with E-state index in [2.05, 4.69) is 10.2 Å². The number of likely N-dealkylation sites (tertiary alicyclic amines) is 1. The number of halogens is 6. The number of benzene rings is 1. The van der Waals surface area contributed by atoms with Crippen LogP contribution < -0.4 is 0 Å². The summed E-state index contributed by atoms with van der Waals surface area (Å²) >= 11 is 0. The van der Waals surface area contributed by atoms with Crippen molar-refractivity contribution in [3.8, 4) is 0 Å². The molecule has 33 heavy (non-hydrogen) atoms. The lowest BCUT2D eigenvalue weighted by atomic mass is 9.91. The fraction of sp³-hybridized carbons (Fsp3) is 0.455. The number of hydrogen-bond acceptors (Lipinski definition) is 4. The van der Waals surface area contributed by atoms with E-state index >= 15 is 0 Å². The van der Waals surface area contributed by atoms with Gasteiger partial charge in [0.1, 0.15) is 0 Å². The lowest BCUT2D eigenvalue weighted by molar-refractivity contribution is -0.138. The number of aliphatic hydroxyl groups is 1. The van der Waals surface area contributed by atoms with E-state index in [0.717, 1.165) is 18.2 Å². The maximum Gasteiger partial charge on any atom is 0.416 e. The lowest BCUT2D eigenvalue weighted by Gasteiger charge is -2.24. The summed E-state index contributed by atoms with van der Waals surface area (Å²) in [5, 5.41) is 18.5. The number of aromatic nitrogens is 3. The smallest absolute Gasteiger partial charge is 0.371 e. The van der Waals surface area contributed by atoms with Gasteiger partial charge >= 0.3 is 12.4 Å². The number of aliphatic hydroxyl groups excluding tert-OH is 1. The molecular weight excluding hydrogens is 450 g/mol. The van der Waals surface area contributed by atoms with E-state index < -0.39 is 29.7 Å². The van der Waals surface area contributed by atoms with Gasteiger partial charge in [-0.05, 0) is 54.4 Å². The van der Waals surface area contributed by atoms with Crippen LogP contribution in [0.25, 0.3) is 5.65 Å². The van der Waals surface area contributed by atoms with Gasteiger partial charge in [0, 0.05) is 19.3 Å². The Morgan fingerprint density at radius 1 is 0.909 bits per heavy atom. The van der Waals surface area contributed by atoms with Crippen molar-refractivity contribution < 1.29 is 31.4 Å². The van der Waals surface area contributed by atoms with Crippen LogP contribution >= 0.6 is 0 Å². The largest absolute Gasteiger partial charge is 0.416 e. The fourth-order valence-corrected chi connectivity index (χ4v) is 5.33. The highest BCUT2D eigenvalue weighted by Gasteiger charge is 2.45. The number of nitrogens with zero attached hydrogens (tertiary/aromatic N) is 4. The van der Waals surface area contributed by atoms with E-state index in [-0.39, 0.29) is 29.2 Å². The van der Waals surface area contributed by atoms with Crippen LogP contribution in [-0.2, 0) is 12.4 Å². The average molecular weight is 470 g/mol. The Morgan fingerprint density at radius 3 is 2.21 bits per heavy atom. The number of alkyl halides is 6. The summed E-state index contributed by atoms with van der Waals surface area (Å²) in [6.45, 7) is 0.929. The average Bonchev–Trinajstić information content (AvgIpc) is 3.44. The van der Waals surface area contributed by atoms with Crippen molar-refractivity contribution in [2.24, 2.45) is 11.8 Å². The molecule has 1 aliphatic carbocycles. The van der Waals surface area contributed by atoms with Gasteiger partial charge in [0.05, 0.1) is 11.1 Å². The van der Waals surface area contributed by atoms with Crippen LogP contribution in [0.4, 0.5) is 26.3 Å². The Kier molecular flexibility index (Phi) is 5.16. The molecule has 1 unspecified atom stereocenters. The molecule has 5 rings (SSSR count). The van der Waals surface area contributed by atoms with Crippen LogP contribution in [0.3, 0.4) is 0 Å². The number of pyridine rings is 1. The van der Waals surface area contributed by atoms with E-state index in [1.165, 1.54) is 16.7 Å². The highest BCUT2D eigenvalue weighted by molar-refractivity contribution is 5.42. The van der Waals surface area contributed by atoms with Crippen molar-refractivity contribution in [1.82, 2.24) is 19.5 Å². The predicted molar refractivity (Wildman–Crippen MR) is 105 cm³/mol. The van der Waals surface area contributed by atoms with Crippen molar-refractivity contribution in [2.75, 3.05) is 13.1 Å². The molecule has 0 spiro atoms. The van der Waals surface area contributed by atoms with Crippen molar-refractivity contribution in [3.05, 3.63) is 65.1 Å². The van der Waals surface area contributed by atoms with Gasteiger partial charge in [-0.25, -0.2) is 0 Å². The lowest BCUT2D eigenvalue weighted by Crippen LogP contribution is -2.29. The molecule has 11 heteroatoms. The molecule has 1 aliphatic heterocycles. The van der Waals surface area contributed by atoms with Gasteiger partial charge in [0.2, 0.25) is 0 Å². The Hall–Kier alpha value is -2.66. The van der Waals surface area contributed by atoms with Crippen LogP contribution in [0.5, 0.6) is 0 Å². The quantitative estimate of drug-likeness (QED) is 0.555. The minimum absolute atomic E-state index is 0.0258. The third-order valence-electron chi connectivity index (χ3n) is 6.83. The Bertz CT molecular complexity index is 1160. The first-order valence-corrected chi connectivity index (χ1v) is 10.5. The molecular formula is C22H20F6N4O. The van der Waals surface area contributed by atoms with Crippen LogP contribution in [0, 0.1) is 11.8 Å². The first-order valence-electron chi connectivity index (χ1n) is 10.5. The molecule has 3 heterocycles. The number of rotatable bonds is 3. The summed E-state index contributed by atoms with van der Waals surface area (Å²) in [6, 6.07) is 7.42. The second-order valence-electron chi connectivity index (χ2n) is 8.80. The van der Waals surface area contributed by atoms with Crippen LogP contribution in [0.1, 0.15) is 47.5 Å². The SMILES string of the molecule is OC(c1nnc2cc(C(F)(F)F)ccn12)N1C[C@H]2C[C@@H](c3ccccc3C(F)(F)F)C[C@H]2C1. The third-order valence-corrected chi connectivity index (χ3v) is 6.83. The predicted octanol–water partition coefficient (Wildman–Crippen LogP) is 4.88. The number of fused-ring (bicyclic) bond motifs is 2. The summed E-state index contributed by atoms with van der Waals surface area (Å²) in [5.41, 5.74) is -1.16. The fourth-order valence-electron chi connectivity index (χ4n) is 5.33. The van der Waals surface area contributed by atoms with E-state index in [4.69, 9.17) is 0 Å². The van der Waals surface area contributed by atoms with E-state index in [9.17, 15) is 31.4 Å². The zero-order valence-corrected chi connectivity index (χ0v) is 17.2. The van der Waals surface area contributed by atoms with Gasteiger partial charge in [-0.1, -0.05) is 18.2 Å². The van der Waals surface area contributed by atoms with E-state index in [1.54, 1.807) is 17.0 Å². The Labute approximate surface area is 184 Å². The number of hydrogen-bond donors (Lipinski definition) is 1. The maximum atomic E-state index is 13.4. The highest BCUT2D eigenvalue weighted by atomic mass is 19.4. The maximum absolute atomic E-state index is 13.4. The summed E-state index contributed by atoms with van der Waals surface area (Å²) in [5.74, 6) is 0.133. The molecule has 2 aliphatic rings. The molecule has 1 saturated heterocycles. The van der Waals surface area contributed by atoms with Crippen LogP contribution in [0.15, 0.2) is 42.6 Å². The van der Waals surface area contributed by atoms with E-state index in [1.807, 2.05) is 0 Å². The normalized spacial score (nSPS) is 25.0. The van der Waals surface area contributed by atoms with Gasteiger partial charge in [-0.3, -0.25) is 9.30 Å². The Balaban J connectivity index is 1.31. The molecule has 2 aromatic heterocycles. The van der Waals surface area contributed by atoms with Crippen molar-refractivity contribution in [1.29, 1.82) is 0 Å². The molecule has 1 aromatic carbocycles. The highest BCUT2D eigenvalue weighted by Crippen LogP contribution is 2.49. The summed E-state index contributed by atoms with van der Waals surface area (Å²) in [6.07, 6.45) is -7.76. The van der Waals surface area contributed by atoms with Gasteiger partial charge in [0.25, 0.3) is 0 Å². The van der Waals surface area contributed by atoms with Gasteiger partial charge in [0.15, 0.2) is 17.7 Å². The van der Waals surface area contributed by atoms with Crippen LogP contribution in [-0.4, -0.2) is 37.7 Å². The molecule has 4 atom stereocenters. The molecule has 3 aromatic rings. The van der Waals surface area contributed by atoms with E-state index in [0.29, 0.717) is 31.5 Å². The molecule has 1 saturated carbocycles. The summed E-state index contributed by atoms with van der Waals surface area (Å²) < 4.78 is 80.3. The van der Waals surface area contributed by atoms with Crippen molar-refractivity contribution in [3.63, 3.8) is 0 Å². The molecule has 0 bridgehead atoms. The first-order chi connectivity index (χ1) is 15.5. The molecule has 5 nitrogen and oxygen atoms in total. The molecule has 0 radical (unpaired) electrons. The standard InChI is InChI=1S/C22H20F6N4O/c23-21(24,25)15-5-6-32-18(9-15)29-30-19(32)20(33)31-10-13-7-12(8-14(13)11-31)16-3-1-2-4-17(16)22(26,27)28/h1-6,9,12-14,20,33H,7-8,10-11H2/t12-,13-,14+,20?. The monoisotopic (exact) mass is 470 g/mol. The Morgan fingerprint density at radius 2 is 1.58 bits per heavy atom. The minimum atomic E-state index is -4.51. The summed E-state index contributed by atoms with van der Waals surface area (Å²) in [7, 11) is 0. The minimum Gasteiger partial charge on any atom is -0.371 e. The molecule has 176 valence electrons. The summed E-state index contributed by atoms with van der Waals surface area (Å²) in [4.78, 5) is 1.76. The second-order valence-corrected chi connectivity index (χ2v) is 8.80. The second kappa shape index (κ2) is 7.69. The van der Waals surface area contributed by atoms with Crippen LogP contribution in [0.2, 0.25) is 0 Å². The molecule has 0 amide bonds.